The van der Waals surface area contributed by atoms with Crippen molar-refractivity contribution in [3.63, 3.8) is 0 Å². The average molecular weight is 341 g/mol. The summed E-state index contributed by atoms with van der Waals surface area (Å²) < 4.78 is 1.44. The molecule has 2 aromatic carbocycles. The van der Waals surface area contributed by atoms with Gasteiger partial charge in [0.2, 0.25) is 0 Å². The van der Waals surface area contributed by atoms with Gasteiger partial charge < -0.3 is 9.88 Å². The summed E-state index contributed by atoms with van der Waals surface area (Å²) >= 11 is 6.12. The van der Waals surface area contributed by atoms with Crippen LogP contribution in [0.3, 0.4) is 0 Å². The third kappa shape index (κ3) is 3.19. The molecule has 0 aliphatic carbocycles. The van der Waals surface area contributed by atoms with Crippen LogP contribution in [0.25, 0.3) is 10.8 Å². The van der Waals surface area contributed by atoms with Crippen LogP contribution in [0.2, 0.25) is 5.02 Å². The smallest absolute Gasteiger partial charge is 0.258 e. The predicted molar refractivity (Wildman–Crippen MR) is 96.7 cm³/mol. The van der Waals surface area contributed by atoms with Crippen LogP contribution < -0.4 is 10.9 Å². The van der Waals surface area contributed by atoms with E-state index in [4.69, 9.17) is 11.6 Å². The van der Waals surface area contributed by atoms with Gasteiger partial charge >= 0.3 is 0 Å². The van der Waals surface area contributed by atoms with Gasteiger partial charge in [0, 0.05) is 35.6 Å². The highest BCUT2D eigenvalue weighted by atomic mass is 35.5. The molecule has 1 amide bonds. The molecule has 0 atom stereocenters. The van der Waals surface area contributed by atoms with Crippen LogP contribution in [0.4, 0.5) is 0 Å². The van der Waals surface area contributed by atoms with Crippen LogP contribution in [-0.2, 0) is 13.5 Å². The molecule has 3 aromatic rings. The largest absolute Gasteiger partial charge is 0.352 e. The van der Waals surface area contributed by atoms with Crippen molar-refractivity contribution in [2.45, 2.75) is 6.42 Å². The van der Waals surface area contributed by atoms with Crippen LogP contribution in [0.5, 0.6) is 0 Å². The zero-order valence-electron chi connectivity index (χ0n) is 13.3. The van der Waals surface area contributed by atoms with E-state index in [9.17, 15) is 9.59 Å². The van der Waals surface area contributed by atoms with Crippen molar-refractivity contribution >= 4 is 28.3 Å². The fraction of sp³-hybridized carbons (Fsp3) is 0.158. The van der Waals surface area contributed by atoms with E-state index in [0.29, 0.717) is 34.3 Å². The third-order valence-electron chi connectivity index (χ3n) is 3.97. The number of nitrogens with zero attached hydrogens (tertiary/aromatic N) is 1. The number of hydrogen-bond acceptors (Lipinski definition) is 2. The highest BCUT2D eigenvalue weighted by Gasteiger charge is 2.13. The highest BCUT2D eigenvalue weighted by Crippen LogP contribution is 2.16. The number of hydrogen-bond donors (Lipinski definition) is 1. The van der Waals surface area contributed by atoms with E-state index in [2.05, 4.69) is 5.32 Å². The van der Waals surface area contributed by atoms with Gasteiger partial charge in [-0.1, -0.05) is 48.0 Å². The molecule has 1 aromatic heterocycles. The Morgan fingerprint density at radius 2 is 1.75 bits per heavy atom. The van der Waals surface area contributed by atoms with Crippen molar-refractivity contribution in [2.24, 2.45) is 7.05 Å². The van der Waals surface area contributed by atoms with Crippen LogP contribution in [0.15, 0.2) is 59.5 Å². The Morgan fingerprint density at radius 1 is 1.08 bits per heavy atom. The van der Waals surface area contributed by atoms with Crippen LogP contribution in [0.1, 0.15) is 15.9 Å². The molecular formula is C19H17ClN2O2. The van der Waals surface area contributed by atoms with Crippen molar-refractivity contribution < 1.29 is 4.79 Å². The first kappa shape index (κ1) is 16.3. The average Bonchev–Trinajstić information content (AvgIpc) is 2.59. The van der Waals surface area contributed by atoms with Gasteiger partial charge in [0.25, 0.3) is 11.5 Å². The van der Waals surface area contributed by atoms with Gasteiger partial charge in [-0.3, -0.25) is 9.59 Å². The number of aryl methyl sites for hydroxylation is 1. The number of amides is 1. The SMILES string of the molecule is Cn1cc(C(=O)NCCc2ccccc2Cl)c2ccccc2c1=O. The molecule has 0 unspecified atom stereocenters. The Morgan fingerprint density at radius 3 is 2.50 bits per heavy atom. The first-order valence-electron chi connectivity index (χ1n) is 7.68. The molecule has 3 rings (SSSR count). The number of nitrogens with one attached hydrogen (secondary N) is 1. The molecule has 0 aliphatic heterocycles. The molecule has 0 radical (unpaired) electrons. The second-order valence-electron chi connectivity index (χ2n) is 5.60. The van der Waals surface area contributed by atoms with E-state index in [0.717, 1.165) is 5.56 Å². The van der Waals surface area contributed by atoms with Gasteiger partial charge in [0.05, 0.1) is 5.56 Å². The topological polar surface area (TPSA) is 51.1 Å². The third-order valence-corrected chi connectivity index (χ3v) is 4.34. The number of rotatable bonds is 4. The molecule has 0 fully saturated rings. The minimum absolute atomic E-state index is 0.113. The van der Waals surface area contributed by atoms with Crippen LogP contribution >= 0.6 is 11.6 Å². The number of carbonyl (C=O) groups excluding carboxylic acids is 1. The fourth-order valence-corrected chi connectivity index (χ4v) is 2.93. The van der Waals surface area contributed by atoms with Crippen LogP contribution in [-0.4, -0.2) is 17.0 Å². The Hall–Kier alpha value is -2.59. The lowest BCUT2D eigenvalue weighted by atomic mass is 10.1. The Labute approximate surface area is 144 Å². The maximum absolute atomic E-state index is 12.5. The van der Waals surface area contributed by atoms with Crippen molar-refractivity contribution in [3.8, 4) is 0 Å². The van der Waals surface area contributed by atoms with Gasteiger partial charge in [-0.15, -0.1) is 0 Å². The minimum atomic E-state index is -0.200. The van der Waals surface area contributed by atoms with Gasteiger partial charge in [-0.25, -0.2) is 0 Å². The minimum Gasteiger partial charge on any atom is -0.352 e. The summed E-state index contributed by atoms with van der Waals surface area (Å²) in [4.78, 5) is 24.7. The number of fused-ring (bicyclic) bond motifs is 1. The van der Waals surface area contributed by atoms with Crippen molar-refractivity contribution in [2.75, 3.05) is 6.54 Å². The molecule has 122 valence electrons. The molecule has 0 saturated carbocycles. The lowest BCUT2D eigenvalue weighted by Gasteiger charge is -2.10. The molecule has 0 saturated heterocycles. The number of aromatic nitrogens is 1. The molecule has 1 heterocycles. The summed E-state index contributed by atoms with van der Waals surface area (Å²) in [5.74, 6) is -0.200. The fourth-order valence-electron chi connectivity index (χ4n) is 2.70. The Kier molecular flexibility index (Phi) is 4.67. The number of carbonyl (C=O) groups is 1. The zero-order chi connectivity index (χ0) is 17.1. The van der Waals surface area contributed by atoms with Gasteiger partial charge in [-0.05, 0) is 24.1 Å². The zero-order valence-corrected chi connectivity index (χ0v) is 14.0. The molecule has 0 bridgehead atoms. The summed E-state index contributed by atoms with van der Waals surface area (Å²) in [6, 6.07) is 14.7. The molecule has 1 N–H and O–H groups in total. The van der Waals surface area contributed by atoms with Gasteiger partial charge in [0.15, 0.2) is 0 Å². The Balaban J connectivity index is 1.81. The monoisotopic (exact) mass is 340 g/mol. The molecule has 0 spiro atoms. The van der Waals surface area contributed by atoms with E-state index in [1.807, 2.05) is 30.3 Å². The molecule has 0 aliphatic rings. The summed E-state index contributed by atoms with van der Waals surface area (Å²) in [6.45, 7) is 0.472. The maximum atomic E-state index is 12.5. The van der Waals surface area contributed by atoms with E-state index in [1.54, 1.807) is 31.4 Å². The number of pyridine rings is 1. The first-order chi connectivity index (χ1) is 11.6. The van der Waals surface area contributed by atoms with Crippen molar-refractivity contribution in [1.82, 2.24) is 9.88 Å². The first-order valence-corrected chi connectivity index (χ1v) is 8.05. The van der Waals surface area contributed by atoms with Gasteiger partial charge in [-0.2, -0.15) is 0 Å². The summed E-state index contributed by atoms with van der Waals surface area (Å²) in [7, 11) is 1.65. The summed E-state index contributed by atoms with van der Waals surface area (Å²) in [5.41, 5.74) is 1.37. The highest BCUT2D eigenvalue weighted by molar-refractivity contribution is 6.31. The molecule has 5 heteroatoms. The molecular weight excluding hydrogens is 324 g/mol. The van der Waals surface area contributed by atoms with Gasteiger partial charge in [0.1, 0.15) is 0 Å². The van der Waals surface area contributed by atoms with E-state index < -0.39 is 0 Å². The Bertz CT molecular complexity index is 963. The lowest BCUT2D eigenvalue weighted by molar-refractivity contribution is 0.0955. The second kappa shape index (κ2) is 6.89. The predicted octanol–water partition coefficient (Wildman–Crippen LogP) is 3.16. The van der Waals surface area contributed by atoms with E-state index in [1.165, 1.54) is 4.57 Å². The second-order valence-corrected chi connectivity index (χ2v) is 6.01. The number of benzene rings is 2. The maximum Gasteiger partial charge on any atom is 0.258 e. The van der Waals surface area contributed by atoms with Crippen molar-refractivity contribution in [3.05, 3.63) is 81.2 Å². The molecule has 24 heavy (non-hydrogen) atoms. The lowest BCUT2D eigenvalue weighted by Crippen LogP contribution is -2.28. The van der Waals surface area contributed by atoms with Crippen molar-refractivity contribution in [1.29, 1.82) is 0 Å². The van der Waals surface area contributed by atoms with E-state index >= 15 is 0 Å². The van der Waals surface area contributed by atoms with Crippen LogP contribution in [0, 0.1) is 0 Å². The standard InChI is InChI=1S/C19H17ClN2O2/c1-22-12-16(14-7-3-4-8-15(14)19(22)24)18(23)21-11-10-13-6-2-5-9-17(13)20/h2-9,12H,10-11H2,1H3,(H,21,23). The van der Waals surface area contributed by atoms with E-state index in [-0.39, 0.29) is 11.5 Å². The normalized spacial score (nSPS) is 10.8. The molecule has 4 nitrogen and oxygen atoms in total. The quantitative estimate of drug-likeness (QED) is 0.793. The summed E-state index contributed by atoms with van der Waals surface area (Å²) in [5, 5.41) is 4.80. The summed E-state index contributed by atoms with van der Waals surface area (Å²) in [6.07, 6.45) is 2.23. The number of halogens is 1.